The van der Waals surface area contributed by atoms with E-state index in [0.717, 1.165) is 46.0 Å². The highest BCUT2D eigenvalue weighted by molar-refractivity contribution is 5.96. The van der Waals surface area contributed by atoms with Crippen molar-refractivity contribution in [3.05, 3.63) is 131 Å². The van der Waals surface area contributed by atoms with Gasteiger partial charge in [0, 0.05) is 44.1 Å². The van der Waals surface area contributed by atoms with Gasteiger partial charge in [-0.15, -0.1) is 0 Å². The van der Waals surface area contributed by atoms with Crippen molar-refractivity contribution in [1.82, 2.24) is 10.6 Å². The first-order valence-corrected chi connectivity index (χ1v) is 32.4. The molecule has 3 aromatic carbocycles. The van der Waals surface area contributed by atoms with Gasteiger partial charge in [-0.3, -0.25) is 24.0 Å². The molecule has 3 fully saturated rings. The van der Waals surface area contributed by atoms with E-state index in [-0.39, 0.29) is 47.8 Å². The summed E-state index contributed by atoms with van der Waals surface area (Å²) in [4.78, 5) is 95.3. The molecule has 7 rings (SSSR count). The molecule has 19 heteroatoms. The number of carbonyl (C=O) groups is 7. The van der Waals surface area contributed by atoms with Crippen LogP contribution in [0.4, 0.5) is 0 Å². The number of Topliss-reactive ketones (excluding diaryl/α,β-unsaturated/α-hetero) is 1. The first-order chi connectivity index (χ1) is 42.9. The number of hydrogen-bond acceptors (Lipinski definition) is 17. The number of amides is 2. The second kappa shape index (κ2) is 33.6. The van der Waals surface area contributed by atoms with Gasteiger partial charge in [0.25, 0.3) is 5.91 Å². The van der Waals surface area contributed by atoms with Gasteiger partial charge in [0.1, 0.15) is 23.9 Å². The molecular formula is C71H98N2O17. The Morgan fingerprint density at radius 1 is 0.722 bits per heavy atom. The molecule has 19 nitrogen and oxygen atoms in total. The number of esters is 4. The predicted molar refractivity (Wildman–Crippen MR) is 337 cm³/mol. The molecule has 1 heterocycles. The van der Waals surface area contributed by atoms with Crippen molar-refractivity contribution in [2.45, 2.75) is 237 Å². The normalized spacial score (nSPS) is 26.2. The van der Waals surface area contributed by atoms with Gasteiger partial charge in [-0.25, -0.2) is 9.59 Å². The highest BCUT2D eigenvalue weighted by Crippen LogP contribution is 2.64. The number of unbranched alkanes of at least 4 members (excludes halogenated alkanes) is 13. The summed E-state index contributed by atoms with van der Waals surface area (Å²) in [5.41, 5.74) is -7.02. The van der Waals surface area contributed by atoms with E-state index >= 15 is 4.79 Å². The number of nitrogens with one attached hydrogen (secondary N) is 2. The van der Waals surface area contributed by atoms with E-state index < -0.39 is 125 Å². The third-order valence-electron chi connectivity index (χ3n) is 18.8. The van der Waals surface area contributed by atoms with Crippen LogP contribution in [0, 0.1) is 16.7 Å². The molecule has 2 bridgehead atoms. The van der Waals surface area contributed by atoms with Crippen molar-refractivity contribution in [2.75, 3.05) is 13.2 Å². The summed E-state index contributed by atoms with van der Waals surface area (Å²) in [6.45, 7) is 12.1. The van der Waals surface area contributed by atoms with Crippen molar-refractivity contribution < 1.29 is 82.8 Å². The summed E-state index contributed by atoms with van der Waals surface area (Å²) in [5.74, 6) is -6.93. The third-order valence-corrected chi connectivity index (χ3v) is 18.8. The average Bonchev–Trinajstić information content (AvgIpc) is 0.671. The summed E-state index contributed by atoms with van der Waals surface area (Å²) in [6, 6.07) is 22.3. The maximum Gasteiger partial charge on any atom is 0.338 e. The first-order valence-electron chi connectivity index (χ1n) is 32.4. The highest BCUT2D eigenvalue weighted by atomic mass is 16.6. The Morgan fingerprint density at radius 2 is 1.28 bits per heavy atom. The molecule has 1 aliphatic heterocycles. The molecule has 13 atom stereocenters. The maximum atomic E-state index is 15.5. The predicted octanol–water partition coefficient (Wildman–Crippen LogP) is 9.40. The molecule has 2 saturated carbocycles. The minimum absolute atomic E-state index is 0.00289. The molecule has 0 spiro atoms. The second-order valence-corrected chi connectivity index (χ2v) is 25.4. The van der Waals surface area contributed by atoms with Gasteiger partial charge < -0.3 is 59.9 Å². The highest BCUT2D eigenvalue weighted by Gasteiger charge is 2.78. The van der Waals surface area contributed by atoms with Crippen LogP contribution in [0.2, 0.25) is 0 Å². The molecule has 1 saturated heterocycles. The molecular weight excluding hydrogens is 1150 g/mol. The minimum atomic E-state index is -2.39. The van der Waals surface area contributed by atoms with E-state index in [2.05, 4.69) is 24.5 Å². The third kappa shape index (κ3) is 17.3. The second-order valence-electron chi connectivity index (χ2n) is 25.4. The van der Waals surface area contributed by atoms with E-state index in [0.29, 0.717) is 12.0 Å². The summed E-state index contributed by atoms with van der Waals surface area (Å²) in [7, 11) is 0. The summed E-state index contributed by atoms with van der Waals surface area (Å²) < 4.78 is 30.3. The van der Waals surface area contributed by atoms with E-state index in [1.165, 1.54) is 90.2 Å². The van der Waals surface area contributed by atoms with Crippen molar-refractivity contribution in [3.63, 3.8) is 0 Å². The van der Waals surface area contributed by atoms with Gasteiger partial charge in [-0.05, 0) is 74.1 Å². The van der Waals surface area contributed by atoms with E-state index in [1.807, 2.05) is 6.08 Å². The smallest absolute Gasteiger partial charge is 0.338 e. The molecule has 3 aromatic rings. The average molecular weight is 1250 g/mol. The summed E-state index contributed by atoms with van der Waals surface area (Å²) in [5, 5.41) is 62.5. The number of hydrogen-bond donors (Lipinski definition) is 7. The monoisotopic (exact) mass is 1250 g/mol. The lowest BCUT2D eigenvalue weighted by atomic mass is 9.44. The molecule has 494 valence electrons. The molecule has 0 aromatic heterocycles. The number of fused-ring (bicyclic) bond motifs is 5. The molecule has 3 aliphatic carbocycles. The van der Waals surface area contributed by atoms with Crippen molar-refractivity contribution >= 4 is 41.5 Å². The Hall–Kier alpha value is -6.61. The van der Waals surface area contributed by atoms with Crippen molar-refractivity contribution in [1.29, 1.82) is 0 Å². The van der Waals surface area contributed by atoms with E-state index in [9.17, 15) is 54.3 Å². The quantitative estimate of drug-likeness (QED) is 0.0141. The van der Waals surface area contributed by atoms with Gasteiger partial charge in [0.2, 0.25) is 5.91 Å². The van der Waals surface area contributed by atoms with Crippen molar-refractivity contribution in [3.8, 4) is 0 Å². The summed E-state index contributed by atoms with van der Waals surface area (Å²) in [6.07, 6.45) is 11.3. The lowest BCUT2D eigenvalue weighted by molar-refractivity contribution is -0.346. The molecule has 0 radical (unpaired) electrons. The fourth-order valence-electron chi connectivity index (χ4n) is 13.5. The number of allylic oxidation sites excluding steroid dienone is 1. The maximum absolute atomic E-state index is 15.5. The van der Waals surface area contributed by atoms with Crippen LogP contribution >= 0.6 is 0 Å². The Morgan fingerprint density at radius 3 is 1.82 bits per heavy atom. The van der Waals surface area contributed by atoms with E-state index in [4.69, 9.17) is 23.7 Å². The van der Waals surface area contributed by atoms with Crippen molar-refractivity contribution in [2.24, 2.45) is 16.7 Å². The lowest BCUT2D eigenvalue weighted by Gasteiger charge is -2.67. The van der Waals surface area contributed by atoms with Gasteiger partial charge >= 0.3 is 23.9 Å². The molecule has 0 unspecified atom stereocenters. The standard InChI is InChI=1S/C47H51NO14.C24H47NO3/c1-25-31(60-43(56)36(52)35(28-16-10-7-11-17-28)48-41(54)29-18-12-8-13-19-29)23-47(57)40(61-42(55)30-20-14-9-15-21-30)38-45(6,32(51)22-33-46(38,24-58-33)62-27(3)50)39(53)37(59-26(2)49)34(25)44(47,4)5;1-3-5-7-8-9-10-11-12-13-14-15-16-18-19-23(27)22(21-26)25-24(28)20-17-6-4-2/h7-21,31-33,35-38,40,51-52,57H,22-24H2,1-6H3,(H,48,54);18-19,22-23,26-27H,3-17,20-21H2,1-2H3,(H,25,28)/b;19-18+/t31-,32-,33+,35-,36+,37+,38-,40-,45+,46-,47+;22-,23+/m00/s1. The molecule has 2 amide bonds. The SMILES string of the molecule is CC(=O)O[C@H]1C(=O)[C@@]2(C)[C@H]([C@H](OC(=O)c3ccccc3)[C@]3(O)C[C@H](OC(=O)[C@H](O)[C@@H](NC(=O)c4ccccc4)c4ccccc4)C(C)=C1C3(C)C)[C@]1(OC(C)=O)CO[C@@H]1C[C@@H]2O.CCCCCCCCCCCCC/C=C/[C@@H](O)[C@H](CO)NC(=O)CCCCC. The fraction of sp³-hybridized carbons (Fsp3) is 0.592. The number of rotatable bonds is 30. The molecule has 90 heavy (non-hydrogen) atoms. The Kier molecular flexibility index (Phi) is 27.1. The first kappa shape index (κ1) is 72.5. The number of benzene rings is 3. The van der Waals surface area contributed by atoms with Crippen LogP contribution in [-0.4, -0.2) is 140 Å². The van der Waals surface area contributed by atoms with Crippen LogP contribution < -0.4 is 10.6 Å². The Labute approximate surface area is 530 Å². The zero-order valence-corrected chi connectivity index (χ0v) is 53.9. The zero-order valence-electron chi connectivity index (χ0n) is 53.9. The topological polar surface area (TPSA) is 291 Å². The van der Waals surface area contributed by atoms with Crippen LogP contribution in [0.1, 0.15) is 203 Å². The van der Waals surface area contributed by atoms with Gasteiger partial charge in [0.05, 0.1) is 54.4 Å². The van der Waals surface area contributed by atoms with Crippen LogP contribution in [-0.2, 0) is 47.7 Å². The van der Waals surface area contributed by atoms with Gasteiger partial charge in [0.15, 0.2) is 23.6 Å². The molecule has 7 N–H and O–H groups in total. The number of aliphatic hydroxyl groups is 5. The Balaban J connectivity index is 0.000000389. The number of aliphatic hydroxyl groups excluding tert-OH is 4. The van der Waals surface area contributed by atoms with Crippen LogP contribution in [0.25, 0.3) is 0 Å². The van der Waals surface area contributed by atoms with Crippen LogP contribution in [0.5, 0.6) is 0 Å². The van der Waals surface area contributed by atoms with Gasteiger partial charge in [-0.1, -0.05) is 184 Å². The van der Waals surface area contributed by atoms with Gasteiger partial charge in [-0.2, -0.15) is 0 Å². The fourth-order valence-corrected chi connectivity index (χ4v) is 13.5. The number of ketones is 1. The lowest BCUT2D eigenvalue weighted by Crippen LogP contribution is -2.82. The Bertz CT molecular complexity index is 2920. The summed E-state index contributed by atoms with van der Waals surface area (Å²) >= 11 is 0. The van der Waals surface area contributed by atoms with Crippen LogP contribution in [0.15, 0.2) is 114 Å². The number of ether oxygens (including phenoxy) is 5. The zero-order chi connectivity index (χ0) is 65.8. The minimum Gasteiger partial charge on any atom is -0.456 e. The number of carbonyl (C=O) groups excluding carboxylic acids is 7. The largest absolute Gasteiger partial charge is 0.456 e. The van der Waals surface area contributed by atoms with Crippen LogP contribution in [0.3, 0.4) is 0 Å². The van der Waals surface area contributed by atoms with E-state index in [1.54, 1.807) is 98.8 Å². The molecule has 4 aliphatic rings.